The quantitative estimate of drug-likeness (QED) is 0.379. The molecule has 0 aliphatic carbocycles. The molecule has 0 aliphatic heterocycles. The summed E-state index contributed by atoms with van der Waals surface area (Å²) in [5.74, 6) is -0.978. The van der Waals surface area contributed by atoms with Gasteiger partial charge in [0.25, 0.3) is 5.56 Å². The third-order valence-electron chi connectivity index (χ3n) is 4.04. The first-order chi connectivity index (χ1) is 13.3. The summed E-state index contributed by atoms with van der Waals surface area (Å²) in [6, 6.07) is 11.5. The van der Waals surface area contributed by atoms with Crippen LogP contribution in [-0.4, -0.2) is 19.4 Å². The van der Waals surface area contributed by atoms with Crippen LogP contribution in [0, 0.1) is 6.92 Å². The summed E-state index contributed by atoms with van der Waals surface area (Å²) >= 11 is 1.09. The first kappa shape index (κ1) is 18.4. The minimum absolute atomic E-state index is 0.198. The van der Waals surface area contributed by atoms with Gasteiger partial charge in [0.1, 0.15) is 10.7 Å². The average molecular weight is 402 g/mol. The van der Waals surface area contributed by atoms with Crippen molar-refractivity contribution in [1.82, 2.24) is 19.4 Å². The second-order valence-corrected chi connectivity index (χ2v) is 7.14. The number of halogens is 3. The van der Waals surface area contributed by atoms with Crippen molar-refractivity contribution in [2.24, 2.45) is 0 Å². The molecule has 28 heavy (non-hydrogen) atoms. The van der Waals surface area contributed by atoms with Crippen LogP contribution >= 0.6 is 11.8 Å². The maximum Gasteiger partial charge on any atom is 0.451 e. The fourth-order valence-corrected chi connectivity index (χ4v) is 3.67. The molecule has 0 spiro atoms. The lowest BCUT2D eigenvalue weighted by atomic mass is 10.2. The van der Waals surface area contributed by atoms with Gasteiger partial charge in [-0.25, -0.2) is 15.0 Å². The first-order valence-corrected chi connectivity index (χ1v) is 9.25. The number of para-hydroxylation sites is 1. The molecule has 142 valence electrons. The van der Waals surface area contributed by atoms with Crippen LogP contribution in [0.15, 0.2) is 58.5 Å². The molecular weight excluding hydrogens is 389 g/mol. The number of thioether (sulfide) groups is 1. The highest BCUT2D eigenvalue weighted by Gasteiger charge is 2.35. The van der Waals surface area contributed by atoms with Gasteiger partial charge in [-0.3, -0.25) is 9.20 Å². The molecule has 3 aromatic heterocycles. The van der Waals surface area contributed by atoms with E-state index >= 15 is 0 Å². The molecule has 0 fully saturated rings. The number of hydrogen-bond acceptors (Lipinski definition) is 5. The van der Waals surface area contributed by atoms with Gasteiger partial charge in [0.05, 0.1) is 11.2 Å². The van der Waals surface area contributed by atoms with Gasteiger partial charge in [-0.2, -0.15) is 13.2 Å². The SMILES string of the molecule is Cc1ccc2nc(CSc3nc(C(F)(F)F)nc4ccccc34)cc(=O)n2c1. The molecule has 4 aromatic rings. The molecule has 5 nitrogen and oxygen atoms in total. The molecule has 9 heteroatoms. The zero-order valence-corrected chi connectivity index (χ0v) is 15.4. The van der Waals surface area contributed by atoms with Crippen LogP contribution in [0.3, 0.4) is 0 Å². The van der Waals surface area contributed by atoms with Gasteiger partial charge in [-0.05, 0) is 24.6 Å². The van der Waals surface area contributed by atoms with Crippen LogP contribution in [0.5, 0.6) is 0 Å². The Morgan fingerprint density at radius 3 is 2.64 bits per heavy atom. The smallest absolute Gasteiger partial charge is 0.269 e. The Hall–Kier alpha value is -2.94. The molecule has 0 unspecified atom stereocenters. The van der Waals surface area contributed by atoms with Gasteiger partial charge in [-0.15, -0.1) is 0 Å². The molecule has 0 saturated carbocycles. The van der Waals surface area contributed by atoms with Crippen molar-refractivity contribution < 1.29 is 13.2 Å². The van der Waals surface area contributed by atoms with Gasteiger partial charge < -0.3 is 0 Å². The van der Waals surface area contributed by atoms with Gasteiger partial charge >= 0.3 is 6.18 Å². The van der Waals surface area contributed by atoms with Crippen molar-refractivity contribution in [3.8, 4) is 0 Å². The van der Waals surface area contributed by atoms with E-state index in [2.05, 4.69) is 15.0 Å². The molecule has 0 amide bonds. The molecule has 1 aromatic carbocycles. The molecule has 0 N–H and O–H groups in total. The predicted octanol–water partition coefficient (Wildman–Crippen LogP) is 4.26. The van der Waals surface area contributed by atoms with Crippen LogP contribution in [0.25, 0.3) is 16.6 Å². The number of alkyl halides is 3. The number of aromatic nitrogens is 4. The summed E-state index contributed by atoms with van der Waals surface area (Å²) in [5, 5.41) is 0.720. The summed E-state index contributed by atoms with van der Waals surface area (Å²) in [4.78, 5) is 24.0. The summed E-state index contributed by atoms with van der Waals surface area (Å²) < 4.78 is 40.8. The first-order valence-electron chi connectivity index (χ1n) is 8.27. The Labute approximate surface area is 161 Å². The van der Waals surface area contributed by atoms with Crippen LogP contribution in [-0.2, 0) is 11.9 Å². The Bertz CT molecular complexity index is 1250. The highest BCUT2D eigenvalue weighted by atomic mass is 32.2. The highest BCUT2D eigenvalue weighted by molar-refractivity contribution is 7.98. The number of aryl methyl sites for hydroxylation is 1. The van der Waals surface area contributed by atoms with Crippen molar-refractivity contribution in [1.29, 1.82) is 0 Å². The van der Waals surface area contributed by atoms with E-state index in [1.54, 1.807) is 30.5 Å². The van der Waals surface area contributed by atoms with Gasteiger partial charge in [0, 0.05) is 23.4 Å². The molecule has 0 radical (unpaired) electrons. The lowest BCUT2D eigenvalue weighted by Gasteiger charge is -2.10. The number of fused-ring (bicyclic) bond motifs is 2. The minimum Gasteiger partial charge on any atom is -0.269 e. The topological polar surface area (TPSA) is 60.2 Å². The fraction of sp³-hybridized carbons (Fsp3) is 0.158. The van der Waals surface area contributed by atoms with Crippen LogP contribution in [0.2, 0.25) is 0 Å². The van der Waals surface area contributed by atoms with Crippen LogP contribution in [0.1, 0.15) is 17.1 Å². The third kappa shape index (κ3) is 3.57. The van der Waals surface area contributed by atoms with E-state index in [9.17, 15) is 18.0 Å². The molecule has 3 heterocycles. The normalized spacial score (nSPS) is 12.0. The number of nitrogens with zero attached hydrogens (tertiary/aromatic N) is 4. The van der Waals surface area contributed by atoms with Gasteiger partial charge in [-0.1, -0.05) is 36.0 Å². The summed E-state index contributed by atoms with van der Waals surface area (Å²) in [6.07, 6.45) is -2.95. The number of hydrogen-bond donors (Lipinski definition) is 0. The van der Waals surface area contributed by atoms with E-state index in [1.807, 2.05) is 13.0 Å². The van der Waals surface area contributed by atoms with Crippen LogP contribution < -0.4 is 5.56 Å². The second kappa shape index (κ2) is 6.90. The summed E-state index contributed by atoms with van der Waals surface area (Å²) in [7, 11) is 0. The molecular formula is C19H13F3N4OS. The van der Waals surface area contributed by atoms with E-state index in [4.69, 9.17) is 0 Å². The molecule has 0 bridgehead atoms. The Balaban J connectivity index is 1.72. The summed E-state index contributed by atoms with van der Waals surface area (Å²) in [5.41, 5.74) is 1.85. The largest absolute Gasteiger partial charge is 0.451 e. The number of rotatable bonds is 3. The second-order valence-electron chi connectivity index (χ2n) is 6.18. The molecule has 0 saturated heterocycles. The zero-order valence-electron chi connectivity index (χ0n) is 14.6. The molecule has 0 aliphatic rings. The van der Waals surface area contributed by atoms with E-state index in [-0.39, 0.29) is 21.9 Å². The molecule has 4 rings (SSSR count). The lowest BCUT2D eigenvalue weighted by molar-refractivity contribution is -0.145. The van der Waals surface area contributed by atoms with E-state index in [1.165, 1.54) is 16.5 Å². The van der Waals surface area contributed by atoms with Crippen molar-refractivity contribution in [3.63, 3.8) is 0 Å². The minimum atomic E-state index is -4.64. The van der Waals surface area contributed by atoms with E-state index < -0.39 is 12.0 Å². The molecule has 0 atom stereocenters. The number of pyridine rings is 1. The van der Waals surface area contributed by atoms with Crippen molar-refractivity contribution in [3.05, 3.63) is 76.1 Å². The predicted molar refractivity (Wildman–Crippen MR) is 100 cm³/mol. The Kier molecular flexibility index (Phi) is 4.54. The monoisotopic (exact) mass is 402 g/mol. The van der Waals surface area contributed by atoms with Gasteiger partial charge in [0.2, 0.25) is 5.82 Å². The van der Waals surface area contributed by atoms with Crippen molar-refractivity contribution >= 4 is 28.3 Å². The standard InChI is InChI=1S/C19H13F3N4OS/c1-11-6-7-15-23-12(8-16(27)26(15)9-11)10-28-17-13-4-2-3-5-14(13)24-18(25-17)19(20,21)22/h2-9H,10H2,1H3. The third-order valence-corrected chi connectivity index (χ3v) is 5.06. The van der Waals surface area contributed by atoms with E-state index in [0.29, 0.717) is 16.7 Å². The van der Waals surface area contributed by atoms with E-state index in [0.717, 1.165) is 17.3 Å². The van der Waals surface area contributed by atoms with Crippen molar-refractivity contribution in [2.75, 3.05) is 0 Å². The average Bonchev–Trinajstić information content (AvgIpc) is 2.66. The summed E-state index contributed by atoms with van der Waals surface area (Å²) in [6.45, 7) is 1.87. The Morgan fingerprint density at radius 2 is 1.86 bits per heavy atom. The fourth-order valence-electron chi connectivity index (χ4n) is 2.76. The number of benzene rings is 1. The van der Waals surface area contributed by atoms with Gasteiger partial charge in [0.15, 0.2) is 0 Å². The maximum absolute atomic E-state index is 13.1. The Morgan fingerprint density at radius 1 is 1.07 bits per heavy atom. The lowest BCUT2D eigenvalue weighted by Crippen LogP contribution is -2.15. The van der Waals surface area contributed by atoms with Crippen molar-refractivity contribution in [2.45, 2.75) is 23.9 Å². The zero-order chi connectivity index (χ0) is 19.9. The maximum atomic E-state index is 13.1. The van der Waals surface area contributed by atoms with Crippen LogP contribution in [0.4, 0.5) is 13.2 Å². The highest BCUT2D eigenvalue weighted by Crippen LogP contribution is 2.32.